The van der Waals surface area contributed by atoms with Gasteiger partial charge in [0.1, 0.15) is 0 Å². The third-order valence-corrected chi connectivity index (χ3v) is 5.04. The van der Waals surface area contributed by atoms with Crippen LogP contribution in [-0.2, 0) is 12.8 Å². The zero-order chi connectivity index (χ0) is 12.8. The van der Waals surface area contributed by atoms with Crippen LogP contribution in [0.2, 0.25) is 0 Å². The van der Waals surface area contributed by atoms with E-state index in [4.69, 9.17) is 4.98 Å². The monoisotopic (exact) mass is 268 g/mol. The minimum atomic E-state index is 1.10. The summed E-state index contributed by atoms with van der Waals surface area (Å²) in [6.45, 7) is 2.13. The van der Waals surface area contributed by atoms with Crippen LogP contribution in [0.25, 0.3) is 16.2 Å². The summed E-state index contributed by atoms with van der Waals surface area (Å²) in [5.74, 6) is 0. The lowest BCUT2D eigenvalue weighted by molar-refractivity contribution is 0.674. The highest BCUT2D eigenvalue weighted by Gasteiger charge is 2.18. The lowest BCUT2D eigenvalue weighted by atomic mass is 10.0. The van der Waals surface area contributed by atoms with E-state index in [1.54, 1.807) is 4.88 Å². The maximum Gasteiger partial charge on any atom is 0.194 e. The number of hydrogen-bond acceptors (Lipinski definition) is 2. The van der Waals surface area contributed by atoms with E-state index in [-0.39, 0.29) is 0 Å². The quantitative estimate of drug-likeness (QED) is 0.645. The Morgan fingerprint density at radius 1 is 1.21 bits per heavy atom. The minimum absolute atomic E-state index is 1.10. The molecule has 0 fully saturated rings. The molecule has 2 aromatic heterocycles. The summed E-state index contributed by atoms with van der Waals surface area (Å²) in [5.41, 5.74) is 5.11. The number of rotatable bonds is 1. The highest BCUT2D eigenvalue weighted by Crippen LogP contribution is 2.32. The molecule has 0 saturated heterocycles. The molecule has 0 amide bonds. The Labute approximate surface area is 116 Å². The standard InChI is InChI=1S/C16H16N2S/c1-11-5-4-6-12(9-11)13-10-18-14-7-2-3-8-15(14)19-16(18)17-13/h4-6,9-10H,2-3,7-8H2,1H3. The Kier molecular flexibility index (Phi) is 2.49. The largest absolute Gasteiger partial charge is 0.294 e. The molecule has 2 heterocycles. The van der Waals surface area contributed by atoms with Crippen molar-refractivity contribution in [2.75, 3.05) is 0 Å². The highest BCUT2D eigenvalue weighted by molar-refractivity contribution is 7.17. The zero-order valence-electron chi connectivity index (χ0n) is 11.0. The molecular formula is C16H16N2S. The Bertz CT molecular complexity index is 751. The van der Waals surface area contributed by atoms with Crippen LogP contribution >= 0.6 is 11.3 Å². The molecule has 3 heteroatoms. The molecule has 4 rings (SSSR count). The second-order valence-electron chi connectivity index (χ2n) is 5.33. The van der Waals surface area contributed by atoms with Gasteiger partial charge in [-0.1, -0.05) is 23.8 Å². The number of benzene rings is 1. The lowest BCUT2D eigenvalue weighted by Gasteiger charge is -2.09. The Balaban J connectivity index is 1.86. The SMILES string of the molecule is Cc1cccc(-c2cn3c4c(sc3n2)CCCC4)c1. The van der Waals surface area contributed by atoms with Crippen molar-refractivity contribution >= 4 is 16.3 Å². The predicted octanol–water partition coefficient (Wildman–Crippen LogP) is 4.25. The van der Waals surface area contributed by atoms with E-state index in [9.17, 15) is 0 Å². The van der Waals surface area contributed by atoms with Gasteiger partial charge in [0.2, 0.25) is 0 Å². The van der Waals surface area contributed by atoms with Crippen molar-refractivity contribution in [2.24, 2.45) is 0 Å². The molecule has 19 heavy (non-hydrogen) atoms. The Hall–Kier alpha value is -1.61. The van der Waals surface area contributed by atoms with E-state index in [0.717, 1.165) is 10.7 Å². The summed E-state index contributed by atoms with van der Waals surface area (Å²) in [6, 6.07) is 8.59. The van der Waals surface area contributed by atoms with Gasteiger partial charge in [-0.3, -0.25) is 4.40 Å². The normalized spacial score (nSPS) is 14.8. The van der Waals surface area contributed by atoms with E-state index in [1.165, 1.54) is 42.5 Å². The number of nitrogens with zero attached hydrogens (tertiary/aromatic N) is 2. The lowest BCUT2D eigenvalue weighted by Crippen LogP contribution is -2.01. The Morgan fingerprint density at radius 2 is 2.11 bits per heavy atom. The van der Waals surface area contributed by atoms with E-state index in [2.05, 4.69) is 41.8 Å². The molecule has 0 saturated carbocycles. The van der Waals surface area contributed by atoms with Crippen molar-refractivity contribution < 1.29 is 0 Å². The van der Waals surface area contributed by atoms with Crippen molar-refractivity contribution in [1.82, 2.24) is 9.38 Å². The third kappa shape index (κ3) is 1.80. The van der Waals surface area contributed by atoms with Crippen LogP contribution in [-0.4, -0.2) is 9.38 Å². The topological polar surface area (TPSA) is 17.3 Å². The fourth-order valence-electron chi connectivity index (χ4n) is 2.91. The summed E-state index contributed by atoms with van der Waals surface area (Å²) in [6.07, 6.45) is 7.31. The fraction of sp³-hybridized carbons (Fsp3) is 0.312. The van der Waals surface area contributed by atoms with Gasteiger partial charge in [0.15, 0.2) is 4.96 Å². The van der Waals surface area contributed by atoms with Gasteiger partial charge in [0.25, 0.3) is 0 Å². The number of thiazole rings is 1. The molecule has 0 N–H and O–H groups in total. The molecule has 0 atom stereocenters. The second-order valence-corrected chi connectivity index (χ2v) is 6.39. The van der Waals surface area contributed by atoms with Crippen LogP contribution in [0.15, 0.2) is 30.5 Å². The van der Waals surface area contributed by atoms with Crippen LogP contribution in [0.5, 0.6) is 0 Å². The summed E-state index contributed by atoms with van der Waals surface area (Å²) in [7, 11) is 0. The third-order valence-electron chi connectivity index (χ3n) is 3.88. The van der Waals surface area contributed by atoms with Crippen molar-refractivity contribution in [3.63, 3.8) is 0 Å². The van der Waals surface area contributed by atoms with Gasteiger partial charge < -0.3 is 0 Å². The van der Waals surface area contributed by atoms with Gasteiger partial charge in [0.05, 0.1) is 5.69 Å². The Morgan fingerprint density at radius 3 is 3.00 bits per heavy atom. The average molecular weight is 268 g/mol. The van der Waals surface area contributed by atoms with Gasteiger partial charge in [-0.05, 0) is 38.7 Å². The molecule has 1 aliphatic rings. The number of hydrogen-bond donors (Lipinski definition) is 0. The molecule has 3 aromatic rings. The first kappa shape index (κ1) is 11.2. The van der Waals surface area contributed by atoms with Crippen LogP contribution in [0.4, 0.5) is 0 Å². The van der Waals surface area contributed by atoms with Crippen LogP contribution < -0.4 is 0 Å². The van der Waals surface area contributed by atoms with E-state index < -0.39 is 0 Å². The van der Waals surface area contributed by atoms with Crippen molar-refractivity contribution in [3.8, 4) is 11.3 Å². The van der Waals surface area contributed by atoms with E-state index in [1.807, 2.05) is 11.3 Å². The molecule has 0 spiro atoms. The molecule has 2 nitrogen and oxygen atoms in total. The number of aromatic nitrogens is 2. The number of fused-ring (bicyclic) bond motifs is 3. The second kappa shape index (κ2) is 4.20. The van der Waals surface area contributed by atoms with Gasteiger partial charge in [-0.15, -0.1) is 11.3 Å². The maximum absolute atomic E-state index is 4.81. The van der Waals surface area contributed by atoms with Crippen molar-refractivity contribution in [3.05, 3.63) is 46.6 Å². The zero-order valence-corrected chi connectivity index (χ0v) is 11.8. The molecule has 1 aromatic carbocycles. The van der Waals surface area contributed by atoms with Gasteiger partial charge >= 0.3 is 0 Å². The van der Waals surface area contributed by atoms with E-state index >= 15 is 0 Å². The first-order valence-electron chi connectivity index (χ1n) is 6.88. The van der Waals surface area contributed by atoms with Crippen molar-refractivity contribution in [1.29, 1.82) is 0 Å². The van der Waals surface area contributed by atoms with Crippen LogP contribution in [0.1, 0.15) is 29.0 Å². The van der Waals surface area contributed by atoms with Crippen molar-refractivity contribution in [2.45, 2.75) is 32.6 Å². The molecular weight excluding hydrogens is 252 g/mol. The van der Waals surface area contributed by atoms with E-state index in [0.29, 0.717) is 0 Å². The minimum Gasteiger partial charge on any atom is -0.294 e. The van der Waals surface area contributed by atoms with Gasteiger partial charge in [-0.2, -0.15) is 0 Å². The molecule has 0 bridgehead atoms. The number of imidazole rings is 1. The summed E-state index contributed by atoms with van der Waals surface area (Å²) < 4.78 is 2.32. The first-order valence-corrected chi connectivity index (χ1v) is 7.69. The van der Waals surface area contributed by atoms with Crippen LogP contribution in [0.3, 0.4) is 0 Å². The average Bonchev–Trinajstić information content (AvgIpc) is 2.96. The van der Waals surface area contributed by atoms with Gasteiger partial charge in [0, 0.05) is 22.3 Å². The summed E-state index contributed by atoms with van der Waals surface area (Å²) in [4.78, 5) is 7.51. The summed E-state index contributed by atoms with van der Waals surface area (Å²) >= 11 is 1.87. The number of aryl methyl sites for hydroxylation is 3. The fourth-order valence-corrected chi connectivity index (χ4v) is 4.10. The highest BCUT2D eigenvalue weighted by atomic mass is 32.1. The maximum atomic E-state index is 4.81. The summed E-state index contributed by atoms with van der Waals surface area (Å²) in [5, 5.41) is 0. The van der Waals surface area contributed by atoms with Gasteiger partial charge in [-0.25, -0.2) is 4.98 Å². The molecule has 0 unspecified atom stereocenters. The van der Waals surface area contributed by atoms with Crippen LogP contribution in [0, 0.1) is 6.92 Å². The molecule has 0 aliphatic heterocycles. The molecule has 96 valence electrons. The molecule has 1 aliphatic carbocycles. The molecule has 0 radical (unpaired) electrons. The smallest absolute Gasteiger partial charge is 0.194 e. The first-order chi connectivity index (χ1) is 9.31. The predicted molar refractivity (Wildman–Crippen MR) is 79.9 cm³/mol.